The van der Waals surface area contributed by atoms with Gasteiger partial charge in [0.05, 0.1) is 0 Å². The second-order valence-electron chi connectivity index (χ2n) is 9.30. The van der Waals surface area contributed by atoms with Gasteiger partial charge in [-0.1, -0.05) is 68.4 Å². The Morgan fingerprint density at radius 3 is 1.92 bits per heavy atom. The first-order valence-electron chi connectivity index (χ1n) is 11.6. The van der Waals surface area contributed by atoms with E-state index in [4.69, 9.17) is 14.2 Å². The molecule has 36 heavy (non-hydrogen) atoms. The fourth-order valence-corrected chi connectivity index (χ4v) is 4.11. The first-order valence-corrected chi connectivity index (χ1v) is 11.6. The summed E-state index contributed by atoms with van der Waals surface area (Å²) in [6.07, 6.45) is -8.27. The Kier molecular flexibility index (Phi) is 7.61. The number of hydrogen-bond acceptors (Lipinski definition) is 7. The highest BCUT2D eigenvalue weighted by molar-refractivity contribution is 5.73. The SMILES string of the molecule is CC(C)(c1ccc(OCc2ccccc2)cc1)c1ccc(O[C@@H]2OC(C(=O)O)[C@H](O)C(O)C2O)cc1. The number of aliphatic carboxylic acids is 1. The van der Waals surface area contributed by atoms with Crippen LogP contribution in [0.1, 0.15) is 30.5 Å². The first-order chi connectivity index (χ1) is 17.2. The van der Waals surface area contributed by atoms with E-state index >= 15 is 0 Å². The normalized spacial score (nSPS) is 24.2. The van der Waals surface area contributed by atoms with Crippen LogP contribution in [0.5, 0.6) is 11.5 Å². The third-order valence-corrected chi connectivity index (χ3v) is 6.47. The average Bonchev–Trinajstić information content (AvgIpc) is 2.88. The summed E-state index contributed by atoms with van der Waals surface area (Å²) in [5, 5.41) is 39.1. The molecule has 0 aliphatic carbocycles. The van der Waals surface area contributed by atoms with E-state index in [0.717, 1.165) is 22.4 Å². The number of carboxylic acids is 1. The van der Waals surface area contributed by atoms with Crippen molar-refractivity contribution in [3.8, 4) is 11.5 Å². The molecule has 0 spiro atoms. The van der Waals surface area contributed by atoms with Gasteiger partial charge >= 0.3 is 5.97 Å². The molecule has 1 aliphatic rings. The largest absolute Gasteiger partial charge is 0.489 e. The molecule has 0 bridgehead atoms. The molecule has 1 aliphatic heterocycles. The van der Waals surface area contributed by atoms with Gasteiger partial charge in [-0.25, -0.2) is 4.79 Å². The molecule has 3 aromatic carbocycles. The van der Waals surface area contributed by atoms with E-state index in [1.807, 2.05) is 66.7 Å². The molecule has 0 aromatic heterocycles. The van der Waals surface area contributed by atoms with E-state index in [0.29, 0.717) is 12.4 Å². The maximum absolute atomic E-state index is 11.3. The van der Waals surface area contributed by atoms with Crippen LogP contribution in [0, 0.1) is 0 Å². The highest BCUT2D eigenvalue weighted by atomic mass is 16.7. The number of carbonyl (C=O) groups is 1. The summed E-state index contributed by atoms with van der Waals surface area (Å²) in [6, 6.07) is 25.0. The Hall–Kier alpha value is -3.43. The molecule has 5 atom stereocenters. The van der Waals surface area contributed by atoms with Gasteiger partial charge in [0.2, 0.25) is 6.29 Å². The summed E-state index contributed by atoms with van der Waals surface area (Å²) in [7, 11) is 0. The lowest BCUT2D eigenvalue weighted by atomic mass is 9.78. The van der Waals surface area contributed by atoms with Gasteiger partial charge in [0.1, 0.15) is 36.4 Å². The molecule has 8 heteroatoms. The molecule has 1 fully saturated rings. The van der Waals surface area contributed by atoms with Crippen LogP contribution in [0.25, 0.3) is 0 Å². The van der Waals surface area contributed by atoms with E-state index in [9.17, 15) is 25.2 Å². The minimum Gasteiger partial charge on any atom is -0.489 e. The molecule has 190 valence electrons. The number of rotatable bonds is 8. The van der Waals surface area contributed by atoms with Gasteiger partial charge in [-0.3, -0.25) is 0 Å². The van der Waals surface area contributed by atoms with Crippen molar-refractivity contribution in [2.24, 2.45) is 0 Å². The van der Waals surface area contributed by atoms with Crippen LogP contribution in [-0.2, 0) is 21.6 Å². The van der Waals surface area contributed by atoms with Gasteiger partial charge in [0, 0.05) is 5.41 Å². The lowest BCUT2D eigenvalue weighted by molar-refractivity contribution is -0.271. The standard InChI is InChI=1S/C28H30O8/c1-28(2,18-8-12-20(13-9-18)34-16-17-6-4-3-5-7-17)19-10-14-21(15-11-19)35-27-24(31)22(29)23(30)25(36-27)26(32)33/h3-15,22-25,27,29-31H,16H2,1-2H3,(H,32,33)/t22?,23-,24?,25?,27-/m1/s1. The third kappa shape index (κ3) is 5.52. The van der Waals surface area contributed by atoms with Crippen molar-refractivity contribution in [3.63, 3.8) is 0 Å². The third-order valence-electron chi connectivity index (χ3n) is 6.47. The van der Waals surface area contributed by atoms with Crippen molar-refractivity contribution >= 4 is 5.97 Å². The van der Waals surface area contributed by atoms with Crippen LogP contribution in [0.3, 0.4) is 0 Å². The van der Waals surface area contributed by atoms with Gasteiger partial charge in [-0.2, -0.15) is 0 Å². The summed E-state index contributed by atoms with van der Waals surface area (Å²) in [5.41, 5.74) is 2.83. The maximum atomic E-state index is 11.3. The van der Waals surface area contributed by atoms with Crippen molar-refractivity contribution in [3.05, 3.63) is 95.6 Å². The molecule has 1 heterocycles. The van der Waals surface area contributed by atoms with Crippen molar-refractivity contribution < 1.29 is 39.4 Å². The molecule has 0 radical (unpaired) electrons. The molecule has 3 aromatic rings. The predicted molar refractivity (Wildman–Crippen MR) is 131 cm³/mol. The topological polar surface area (TPSA) is 126 Å². The number of carboxylic acid groups (broad SMARTS) is 1. The van der Waals surface area contributed by atoms with Crippen LogP contribution in [0.15, 0.2) is 78.9 Å². The summed E-state index contributed by atoms with van der Waals surface area (Å²) >= 11 is 0. The van der Waals surface area contributed by atoms with E-state index < -0.39 is 36.7 Å². The Bertz CT molecular complexity index is 1140. The number of aliphatic hydroxyl groups excluding tert-OH is 3. The van der Waals surface area contributed by atoms with E-state index in [-0.39, 0.29) is 5.41 Å². The minimum absolute atomic E-state index is 0.316. The predicted octanol–water partition coefficient (Wildman–Crippen LogP) is 2.86. The van der Waals surface area contributed by atoms with Crippen molar-refractivity contribution in [2.45, 2.75) is 56.6 Å². The second-order valence-corrected chi connectivity index (χ2v) is 9.30. The highest BCUT2D eigenvalue weighted by Crippen LogP contribution is 2.34. The number of ether oxygens (including phenoxy) is 3. The average molecular weight is 495 g/mol. The Morgan fingerprint density at radius 1 is 0.806 bits per heavy atom. The Balaban J connectivity index is 1.41. The molecule has 4 rings (SSSR count). The fourth-order valence-electron chi connectivity index (χ4n) is 4.11. The summed E-state index contributed by atoms with van der Waals surface area (Å²) in [5.74, 6) is -0.369. The van der Waals surface area contributed by atoms with E-state index in [1.165, 1.54) is 0 Å². The first kappa shape index (κ1) is 25.7. The number of hydrogen-bond donors (Lipinski definition) is 4. The summed E-state index contributed by atoms with van der Waals surface area (Å²) in [4.78, 5) is 11.3. The molecule has 0 amide bonds. The molecule has 3 unspecified atom stereocenters. The summed E-state index contributed by atoms with van der Waals surface area (Å²) < 4.78 is 16.7. The maximum Gasteiger partial charge on any atom is 0.335 e. The minimum atomic E-state index is -1.77. The van der Waals surface area contributed by atoms with Gasteiger partial charge in [-0.05, 0) is 41.0 Å². The van der Waals surface area contributed by atoms with Crippen LogP contribution < -0.4 is 9.47 Å². The van der Waals surface area contributed by atoms with Gasteiger partial charge in [0.15, 0.2) is 6.10 Å². The Labute approximate surface area is 209 Å². The fraction of sp³-hybridized carbons (Fsp3) is 0.321. The van der Waals surface area contributed by atoms with Crippen molar-refractivity contribution in [1.29, 1.82) is 0 Å². The van der Waals surface area contributed by atoms with Crippen LogP contribution in [0.2, 0.25) is 0 Å². The monoisotopic (exact) mass is 494 g/mol. The molecular weight excluding hydrogens is 464 g/mol. The second kappa shape index (κ2) is 10.7. The lowest BCUT2D eigenvalue weighted by Crippen LogP contribution is -2.61. The Morgan fingerprint density at radius 2 is 1.36 bits per heavy atom. The van der Waals surface area contributed by atoms with E-state index in [2.05, 4.69) is 13.8 Å². The zero-order valence-corrected chi connectivity index (χ0v) is 20.0. The molecule has 4 N–H and O–H groups in total. The molecule has 0 saturated carbocycles. The van der Waals surface area contributed by atoms with Gasteiger partial charge in [0.25, 0.3) is 0 Å². The zero-order valence-electron chi connectivity index (χ0n) is 20.0. The van der Waals surface area contributed by atoms with Crippen molar-refractivity contribution in [1.82, 2.24) is 0 Å². The molecule has 8 nitrogen and oxygen atoms in total. The number of benzene rings is 3. The zero-order chi connectivity index (χ0) is 25.9. The van der Waals surface area contributed by atoms with E-state index in [1.54, 1.807) is 12.1 Å². The highest BCUT2D eigenvalue weighted by Gasteiger charge is 2.48. The lowest BCUT2D eigenvalue weighted by Gasteiger charge is -2.38. The molecular formula is C28H30O8. The molecule has 1 saturated heterocycles. The van der Waals surface area contributed by atoms with Crippen molar-refractivity contribution in [2.75, 3.05) is 0 Å². The van der Waals surface area contributed by atoms with Crippen LogP contribution >= 0.6 is 0 Å². The summed E-state index contributed by atoms with van der Waals surface area (Å²) in [6.45, 7) is 4.67. The quantitative estimate of drug-likeness (QED) is 0.377. The smallest absolute Gasteiger partial charge is 0.335 e. The van der Waals surface area contributed by atoms with Crippen LogP contribution in [0.4, 0.5) is 0 Å². The van der Waals surface area contributed by atoms with Crippen LogP contribution in [-0.4, -0.2) is 57.1 Å². The van der Waals surface area contributed by atoms with Gasteiger partial charge < -0.3 is 34.6 Å². The number of aliphatic hydroxyl groups is 3. The van der Waals surface area contributed by atoms with Gasteiger partial charge in [-0.15, -0.1) is 0 Å².